The summed E-state index contributed by atoms with van der Waals surface area (Å²) in [7, 11) is 0. The van der Waals surface area contributed by atoms with Crippen LogP contribution in [-0.4, -0.2) is 49.1 Å². The topological polar surface area (TPSA) is 104 Å². The molecule has 1 aliphatic rings. The fourth-order valence-electron chi connectivity index (χ4n) is 3.20. The molecule has 1 aliphatic heterocycles. The van der Waals surface area contributed by atoms with Crippen molar-refractivity contribution < 1.29 is 4.55 Å². The Balaban J connectivity index is 1.72. The van der Waals surface area contributed by atoms with Gasteiger partial charge in [0.25, 0.3) is 0 Å². The van der Waals surface area contributed by atoms with Crippen molar-refractivity contribution in [1.29, 1.82) is 0 Å². The van der Waals surface area contributed by atoms with Crippen LogP contribution in [0.4, 0.5) is 11.8 Å². The molecule has 0 aliphatic carbocycles. The monoisotopic (exact) mass is 402 g/mol. The molecule has 9 heteroatoms. The van der Waals surface area contributed by atoms with Gasteiger partial charge in [-0.1, -0.05) is 41.5 Å². The summed E-state index contributed by atoms with van der Waals surface area (Å²) in [4.78, 5) is 19.6. The Morgan fingerprint density at radius 1 is 1.00 bits per heavy atom. The van der Waals surface area contributed by atoms with Crippen LogP contribution >= 0.6 is 11.6 Å². The van der Waals surface area contributed by atoms with Crippen LogP contribution in [-0.2, 0) is 24.0 Å². The number of aromatic nitrogens is 4. The Morgan fingerprint density at radius 3 is 2.48 bits per heavy atom. The fourth-order valence-corrected chi connectivity index (χ4v) is 4.42. The molecule has 4 rings (SSSR count). The standard InChI is InChI=1S/C18H19ClN6OS/c19-17-22-14-13(7-6-12-4-2-1-3-5-12)21-18(20)23-15(14)16(24-17)25-8-10-27(26)11-9-25/h1-5H,6-11H2,(H2,20,21,23). The minimum absolute atomic E-state index is 0.151. The van der Waals surface area contributed by atoms with E-state index >= 15 is 0 Å². The molecule has 0 unspecified atom stereocenters. The van der Waals surface area contributed by atoms with Gasteiger partial charge in [-0.3, -0.25) is 0 Å². The van der Waals surface area contributed by atoms with Crippen molar-refractivity contribution in [1.82, 2.24) is 19.9 Å². The van der Waals surface area contributed by atoms with Crippen LogP contribution < -0.4 is 10.6 Å². The number of halogens is 1. The summed E-state index contributed by atoms with van der Waals surface area (Å²) in [5.74, 6) is 2.03. The quantitative estimate of drug-likeness (QED) is 0.525. The van der Waals surface area contributed by atoms with Gasteiger partial charge in [-0.05, 0) is 30.0 Å². The number of anilines is 2. The van der Waals surface area contributed by atoms with E-state index in [-0.39, 0.29) is 11.2 Å². The lowest BCUT2D eigenvalue weighted by Gasteiger charge is -2.29. The van der Waals surface area contributed by atoms with Crippen LogP contribution in [0.25, 0.3) is 11.0 Å². The Kier molecular flexibility index (Phi) is 5.29. The SMILES string of the molecule is Nc1nc(CCc2ccccc2)c2nc(Cl)nc(N3CC[S+]([O-])CC3)c2n1. The molecule has 0 saturated carbocycles. The number of nitrogens with zero attached hydrogens (tertiary/aromatic N) is 5. The molecule has 3 aromatic rings. The zero-order chi connectivity index (χ0) is 18.8. The normalized spacial score (nSPS) is 15.4. The summed E-state index contributed by atoms with van der Waals surface area (Å²) in [6.07, 6.45) is 1.48. The van der Waals surface area contributed by atoms with Gasteiger partial charge in [0.2, 0.25) is 11.2 Å². The molecule has 7 nitrogen and oxygen atoms in total. The second-order valence-corrected chi connectivity index (χ2v) is 8.40. The predicted molar refractivity (Wildman–Crippen MR) is 108 cm³/mol. The lowest BCUT2D eigenvalue weighted by atomic mass is 10.1. The molecule has 2 aromatic heterocycles. The maximum Gasteiger partial charge on any atom is 0.225 e. The zero-order valence-electron chi connectivity index (χ0n) is 14.6. The van der Waals surface area contributed by atoms with E-state index < -0.39 is 11.2 Å². The van der Waals surface area contributed by atoms with Gasteiger partial charge in [0, 0.05) is 0 Å². The third-order valence-corrected chi connectivity index (χ3v) is 6.00. The molecular weight excluding hydrogens is 384 g/mol. The Hall–Kier alpha value is -2.16. The molecule has 3 heterocycles. The smallest absolute Gasteiger partial charge is 0.225 e. The van der Waals surface area contributed by atoms with E-state index in [4.69, 9.17) is 17.3 Å². The van der Waals surface area contributed by atoms with Crippen molar-refractivity contribution in [2.24, 2.45) is 0 Å². The average Bonchev–Trinajstić information content (AvgIpc) is 2.67. The van der Waals surface area contributed by atoms with Gasteiger partial charge in [0.15, 0.2) is 5.82 Å². The molecule has 140 valence electrons. The minimum atomic E-state index is -0.782. The first-order valence-electron chi connectivity index (χ1n) is 8.73. The first-order chi connectivity index (χ1) is 13.1. The molecule has 0 atom stereocenters. The Bertz CT molecular complexity index is 949. The van der Waals surface area contributed by atoms with Gasteiger partial charge in [-0.2, -0.15) is 4.98 Å². The van der Waals surface area contributed by atoms with E-state index in [2.05, 4.69) is 32.1 Å². The van der Waals surface area contributed by atoms with E-state index in [0.717, 1.165) is 12.1 Å². The van der Waals surface area contributed by atoms with Crippen LogP contribution in [0.5, 0.6) is 0 Å². The second kappa shape index (κ2) is 7.84. The van der Waals surface area contributed by atoms with Crippen molar-refractivity contribution in [3.05, 3.63) is 46.9 Å². The Labute approximate surface area is 165 Å². The summed E-state index contributed by atoms with van der Waals surface area (Å²) in [6.45, 7) is 1.27. The van der Waals surface area contributed by atoms with Gasteiger partial charge >= 0.3 is 0 Å². The van der Waals surface area contributed by atoms with E-state index in [1.54, 1.807) is 0 Å². The third kappa shape index (κ3) is 4.07. The number of benzene rings is 1. The summed E-state index contributed by atoms with van der Waals surface area (Å²) < 4.78 is 11.7. The van der Waals surface area contributed by atoms with Gasteiger partial charge in [0.05, 0.1) is 18.8 Å². The number of nitrogen functional groups attached to an aromatic ring is 1. The molecule has 0 radical (unpaired) electrons. The number of hydrogen-bond acceptors (Lipinski definition) is 7. The molecular formula is C18H19ClN6OS. The van der Waals surface area contributed by atoms with E-state index in [9.17, 15) is 4.55 Å². The van der Waals surface area contributed by atoms with Crippen molar-refractivity contribution in [3.8, 4) is 0 Å². The molecule has 0 bridgehead atoms. The summed E-state index contributed by atoms with van der Waals surface area (Å²) in [6, 6.07) is 10.2. The maximum absolute atomic E-state index is 11.7. The first-order valence-corrected chi connectivity index (χ1v) is 10.6. The third-order valence-electron chi connectivity index (χ3n) is 4.56. The number of hydrogen-bond donors (Lipinski definition) is 1. The summed E-state index contributed by atoms with van der Waals surface area (Å²) in [5, 5.41) is 0.151. The highest BCUT2D eigenvalue weighted by atomic mass is 35.5. The molecule has 1 saturated heterocycles. The zero-order valence-corrected chi connectivity index (χ0v) is 16.2. The highest BCUT2D eigenvalue weighted by Gasteiger charge is 2.24. The molecule has 1 fully saturated rings. The van der Waals surface area contributed by atoms with Crippen LogP contribution in [0, 0.1) is 0 Å². The van der Waals surface area contributed by atoms with Crippen molar-refractivity contribution in [3.63, 3.8) is 0 Å². The van der Waals surface area contributed by atoms with Crippen LogP contribution in [0.1, 0.15) is 11.3 Å². The number of aryl methyl sites for hydroxylation is 2. The maximum atomic E-state index is 11.7. The molecule has 27 heavy (non-hydrogen) atoms. The van der Waals surface area contributed by atoms with E-state index in [0.29, 0.717) is 47.9 Å². The van der Waals surface area contributed by atoms with Gasteiger partial charge < -0.3 is 15.2 Å². The minimum Gasteiger partial charge on any atom is -0.616 e. The number of rotatable bonds is 4. The Morgan fingerprint density at radius 2 is 1.74 bits per heavy atom. The van der Waals surface area contributed by atoms with E-state index in [1.807, 2.05) is 23.1 Å². The summed E-state index contributed by atoms with van der Waals surface area (Å²) >= 11 is 5.42. The highest BCUT2D eigenvalue weighted by molar-refractivity contribution is 7.91. The number of nitrogens with two attached hydrogens (primary N) is 1. The molecule has 0 amide bonds. The van der Waals surface area contributed by atoms with Crippen molar-refractivity contribution in [2.75, 3.05) is 35.2 Å². The molecule has 2 N–H and O–H groups in total. The van der Waals surface area contributed by atoms with Crippen molar-refractivity contribution in [2.45, 2.75) is 12.8 Å². The van der Waals surface area contributed by atoms with Gasteiger partial charge in [0.1, 0.15) is 22.5 Å². The molecule has 0 spiro atoms. The lowest BCUT2D eigenvalue weighted by Crippen LogP contribution is -2.41. The van der Waals surface area contributed by atoms with Crippen LogP contribution in [0.3, 0.4) is 0 Å². The number of fused-ring (bicyclic) bond motifs is 1. The second-order valence-electron chi connectivity index (χ2n) is 6.36. The van der Waals surface area contributed by atoms with Gasteiger partial charge in [-0.25, -0.2) is 15.0 Å². The predicted octanol–water partition coefficient (Wildman–Crippen LogP) is 2.01. The average molecular weight is 403 g/mol. The summed E-state index contributed by atoms with van der Waals surface area (Å²) in [5.41, 5.74) is 9.17. The van der Waals surface area contributed by atoms with Crippen LogP contribution in [0.2, 0.25) is 5.28 Å². The van der Waals surface area contributed by atoms with Gasteiger partial charge in [-0.15, -0.1) is 0 Å². The fraction of sp³-hybridized carbons (Fsp3) is 0.333. The largest absolute Gasteiger partial charge is 0.616 e. The molecule has 1 aromatic carbocycles. The van der Waals surface area contributed by atoms with Crippen LogP contribution in [0.15, 0.2) is 30.3 Å². The first kappa shape index (κ1) is 18.2. The lowest BCUT2D eigenvalue weighted by molar-refractivity contribution is 0.585. The highest BCUT2D eigenvalue weighted by Crippen LogP contribution is 2.28. The van der Waals surface area contributed by atoms with E-state index in [1.165, 1.54) is 5.56 Å². The van der Waals surface area contributed by atoms with Crippen molar-refractivity contribution >= 4 is 45.6 Å².